The van der Waals surface area contributed by atoms with Crippen molar-refractivity contribution in [3.8, 4) is 17.3 Å². The average molecular weight is 375 g/mol. The van der Waals surface area contributed by atoms with E-state index in [-0.39, 0.29) is 22.4 Å². The molecule has 28 heavy (non-hydrogen) atoms. The summed E-state index contributed by atoms with van der Waals surface area (Å²) < 4.78 is 1.45. The predicted octanol–water partition coefficient (Wildman–Crippen LogP) is 3.16. The van der Waals surface area contributed by atoms with Crippen LogP contribution in [0.1, 0.15) is 39.0 Å². The minimum Gasteiger partial charge on any atom is -0.404 e. The van der Waals surface area contributed by atoms with Gasteiger partial charge in [-0.2, -0.15) is 5.26 Å². The minimum atomic E-state index is 0.0553. The van der Waals surface area contributed by atoms with Crippen molar-refractivity contribution in [2.24, 2.45) is 16.1 Å². The first kappa shape index (κ1) is 20.8. The number of nitrogens with one attached hydrogen (secondary N) is 2. The van der Waals surface area contributed by atoms with Crippen LogP contribution in [0.15, 0.2) is 41.7 Å². The molecule has 0 bridgehead atoms. The minimum absolute atomic E-state index is 0.0553. The van der Waals surface area contributed by atoms with Gasteiger partial charge in [0.15, 0.2) is 0 Å². The SMILES string of the molecule is CC(=N)n1ccc(-c2nc(C#N)ccc2C(C=NCC(C)(C)C)=CN)cc1=N. The highest BCUT2D eigenvalue weighted by Crippen LogP contribution is 2.26. The number of nitrogens with zero attached hydrogens (tertiary/aromatic N) is 4. The Balaban J connectivity index is 2.58. The molecule has 0 aromatic carbocycles. The number of rotatable bonds is 4. The zero-order valence-corrected chi connectivity index (χ0v) is 16.6. The molecule has 0 fully saturated rings. The maximum Gasteiger partial charge on any atom is 0.141 e. The smallest absolute Gasteiger partial charge is 0.141 e. The molecule has 0 amide bonds. The number of allylic oxidation sites excluding steroid dienone is 1. The molecule has 2 heterocycles. The molecule has 0 spiro atoms. The summed E-state index contributed by atoms with van der Waals surface area (Å²) >= 11 is 0. The standard InChI is InChI=1S/C21H25N7/c1-14(24)28-8-7-15(9-19(28)25)20-18(6-5-17(11-23)27-20)16(10-22)12-26-13-21(2,3)4/h5-10,12,24-25H,13,22H2,1-4H3. The Morgan fingerprint density at radius 1 is 1.36 bits per heavy atom. The fourth-order valence-corrected chi connectivity index (χ4v) is 2.53. The molecule has 0 aliphatic heterocycles. The molecule has 0 aliphatic carbocycles. The van der Waals surface area contributed by atoms with Gasteiger partial charge in [0.2, 0.25) is 0 Å². The van der Waals surface area contributed by atoms with Gasteiger partial charge in [0.25, 0.3) is 0 Å². The molecule has 0 aliphatic rings. The van der Waals surface area contributed by atoms with Gasteiger partial charge in [-0.15, -0.1) is 0 Å². The Morgan fingerprint density at radius 2 is 2.07 bits per heavy atom. The summed E-state index contributed by atoms with van der Waals surface area (Å²) in [6, 6.07) is 8.85. The molecule has 7 heteroatoms. The van der Waals surface area contributed by atoms with Crippen LogP contribution in [-0.4, -0.2) is 28.1 Å². The molecular formula is C21H25N7. The lowest BCUT2D eigenvalue weighted by molar-refractivity contribution is 0.430. The molecular weight excluding hydrogens is 350 g/mol. The molecule has 144 valence electrons. The number of hydrogen-bond acceptors (Lipinski definition) is 6. The van der Waals surface area contributed by atoms with E-state index in [1.807, 2.05) is 6.07 Å². The largest absolute Gasteiger partial charge is 0.404 e. The van der Waals surface area contributed by atoms with Crippen LogP contribution in [0, 0.1) is 27.6 Å². The van der Waals surface area contributed by atoms with Gasteiger partial charge in [-0.3, -0.25) is 20.4 Å². The second-order valence-corrected chi connectivity index (χ2v) is 7.61. The molecule has 0 atom stereocenters. The van der Waals surface area contributed by atoms with Crippen LogP contribution in [0.2, 0.25) is 0 Å². The fourth-order valence-electron chi connectivity index (χ4n) is 2.53. The summed E-state index contributed by atoms with van der Waals surface area (Å²) in [7, 11) is 0. The zero-order chi connectivity index (χ0) is 20.9. The monoisotopic (exact) mass is 375 g/mol. The Kier molecular flexibility index (Phi) is 6.26. The summed E-state index contributed by atoms with van der Waals surface area (Å²) in [6.45, 7) is 8.56. The summed E-state index contributed by atoms with van der Waals surface area (Å²) in [6.07, 6.45) is 4.82. The van der Waals surface area contributed by atoms with Crippen LogP contribution in [0.3, 0.4) is 0 Å². The van der Waals surface area contributed by atoms with Crippen molar-refractivity contribution in [1.82, 2.24) is 9.55 Å². The highest BCUT2D eigenvalue weighted by Gasteiger charge is 2.13. The van der Waals surface area contributed by atoms with E-state index in [4.69, 9.17) is 16.6 Å². The third kappa shape index (κ3) is 5.01. The topological polar surface area (TPSA) is 128 Å². The van der Waals surface area contributed by atoms with Crippen LogP contribution >= 0.6 is 0 Å². The first-order valence-electron chi connectivity index (χ1n) is 8.82. The van der Waals surface area contributed by atoms with E-state index in [0.717, 1.165) is 5.56 Å². The molecule has 2 aromatic heterocycles. The maximum absolute atomic E-state index is 9.25. The Morgan fingerprint density at radius 3 is 2.61 bits per heavy atom. The lowest BCUT2D eigenvalue weighted by atomic mass is 9.97. The Labute approximate surface area is 164 Å². The lowest BCUT2D eigenvalue weighted by Gasteiger charge is -2.15. The molecule has 0 radical (unpaired) electrons. The number of pyridine rings is 2. The molecule has 2 aromatic rings. The second kappa shape index (κ2) is 8.44. The van der Waals surface area contributed by atoms with E-state index >= 15 is 0 Å². The summed E-state index contributed by atoms with van der Waals surface area (Å²) in [5.74, 6) is 0.243. The van der Waals surface area contributed by atoms with Gasteiger partial charge in [-0.1, -0.05) is 20.8 Å². The Bertz CT molecular complexity index is 1040. The Hall–Kier alpha value is -3.53. The maximum atomic E-state index is 9.25. The number of aromatic nitrogens is 2. The van der Waals surface area contributed by atoms with E-state index in [0.29, 0.717) is 23.4 Å². The lowest BCUT2D eigenvalue weighted by Crippen LogP contribution is -2.23. The van der Waals surface area contributed by atoms with Gasteiger partial charge in [0.05, 0.1) is 5.69 Å². The van der Waals surface area contributed by atoms with Gasteiger partial charge in [-0.25, -0.2) is 4.98 Å². The highest BCUT2D eigenvalue weighted by atomic mass is 15.0. The molecule has 0 saturated heterocycles. The van der Waals surface area contributed by atoms with Crippen molar-refractivity contribution >= 4 is 17.6 Å². The summed E-state index contributed by atoms with van der Waals surface area (Å²) in [5.41, 5.74) is 8.95. The van der Waals surface area contributed by atoms with Crippen LogP contribution in [0.5, 0.6) is 0 Å². The van der Waals surface area contributed by atoms with Gasteiger partial charge in [-0.05, 0) is 36.6 Å². The van der Waals surface area contributed by atoms with Crippen molar-refractivity contribution in [3.05, 3.63) is 53.4 Å². The van der Waals surface area contributed by atoms with Crippen molar-refractivity contribution in [3.63, 3.8) is 0 Å². The highest BCUT2D eigenvalue weighted by molar-refractivity contribution is 6.11. The van der Waals surface area contributed by atoms with Crippen molar-refractivity contribution in [2.45, 2.75) is 27.7 Å². The fraction of sp³-hybridized carbons (Fsp3) is 0.286. The quantitative estimate of drug-likeness (QED) is 0.561. The normalized spacial score (nSPS) is 12.2. The summed E-state index contributed by atoms with van der Waals surface area (Å²) in [5, 5.41) is 25.1. The predicted molar refractivity (Wildman–Crippen MR) is 112 cm³/mol. The number of aliphatic imine (C=N–C) groups is 1. The van der Waals surface area contributed by atoms with Crippen LogP contribution in [-0.2, 0) is 0 Å². The van der Waals surface area contributed by atoms with Gasteiger partial charge >= 0.3 is 0 Å². The number of nitriles is 1. The third-order valence-corrected chi connectivity index (χ3v) is 3.89. The van der Waals surface area contributed by atoms with E-state index in [9.17, 15) is 5.26 Å². The van der Waals surface area contributed by atoms with Gasteiger partial charge in [0.1, 0.15) is 23.1 Å². The number of nitrogens with two attached hydrogens (primary N) is 1. The van der Waals surface area contributed by atoms with Crippen LogP contribution in [0.4, 0.5) is 0 Å². The van der Waals surface area contributed by atoms with E-state index in [1.54, 1.807) is 43.6 Å². The third-order valence-electron chi connectivity index (χ3n) is 3.89. The zero-order valence-electron chi connectivity index (χ0n) is 16.6. The molecule has 7 nitrogen and oxygen atoms in total. The molecule has 0 saturated carbocycles. The van der Waals surface area contributed by atoms with Crippen molar-refractivity contribution in [1.29, 1.82) is 16.1 Å². The van der Waals surface area contributed by atoms with Gasteiger partial charge in [0, 0.05) is 41.9 Å². The molecule has 0 unspecified atom stereocenters. The number of hydrogen-bond donors (Lipinski definition) is 3. The van der Waals surface area contributed by atoms with Crippen LogP contribution < -0.4 is 11.2 Å². The first-order chi connectivity index (χ1) is 13.2. The van der Waals surface area contributed by atoms with Crippen molar-refractivity contribution in [2.75, 3.05) is 6.54 Å². The van der Waals surface area contributed by atoms with E-state index < -0.39 is 0 Å². The summed E-state index contributed by atoms with van der Waals surface area (Å²) in [4.78, 5) is 8.92. The first-order valence-corrected chi connectivity index (χ1v) is 8.82. The van der Waals surface area contributed by atoms with E-state index in [2.05, 4.69) is 30.7 Å². The molecule has 4 N–H and O–H groups in total. The average Bonchev–Trinajstić information content (AvgIpc) is 2.63. The van der Waals surface area contributed by atoms with Gasteiger partial charge < -0.3 is 5.73 Å². The molecule has 2 rings (SSSR count). The van der Waals surface area contributed by atoms with Crippen LogP contribution in [0.25, 0.3) is 16.8 Å². The van der Waals surface area contributed by atoms with E-state index in [1.165, 1.54) is 10.8 Å². The van der Waals surface area contributed by atoms with Crippen molar-refractivity contribution < 1.29 is 0 Å². The second-order valence-electron chi connectivity index (χ2n) is 7.61.